The molecule has 0 atom stereocenters. The lowest BCUT2D eigenvalue weighted by molar-refractivity contribution is -0.111. The van der Waals surface area contributed by atoms with Crippen LogP contribution in [0.15, 0.2) is 48.5 Å². The van der Waals surface area contributed by atoms with Crippen molar-refractivity contribution in [3.8, 4) is 5.75 Å². The zero-order valence-corrected chi connectivity index (χ0v) is 12.7. The lowest BCUT2D eigenvalue weighted by Gasteiger charge is -2.08. The van der Waals surface area contributed by atoms with Crippen LogP contribution in [0, 0.1) is 11.6 Å². The fourth-order valence-electron chi connectivity index (χ4n) is 1.91. The number of rotatable bonds is 6. The smallest absolute Gasteiger partial charge is 0.248 e. The van der Waals surface area contributed by atoms with Crippen molar-refractivity contribution in [1.29, 1.82) is 0 Å². The highest BCUT2D eigenvalue weighted by molar-refractivity contribution is 6.02. The maximum Gasteiger partial charge on any atom is 0.248 e. The highest BCUT2D eigenvalue weighted by Crippen LogP contribution is 2.21. The third-order valence-electron chi connectivity index (χ3n) is 3.01. The SMILES string of the molecule is CCCOc1ccccc1/C=C/C(=O)Nc1c(F)cccc1F. The zero-order chi connectivity index (χ0) is 16.7. The van der Waals surface area contributed by atoms with Gasteiger partial charge in [0.25, 0.3) is 0 Å². The van der Waals surface area contributed by atoms with Gasteiger partial charge in [0.15, 0.2) is 0 Å². The number of amides is 1. The van der Waals surface area contributed by atoms with Crippen LogP contribution in [0.5, 0.6) is 5.75 Å². The summed E-state index contributed by atoms with van der Waals surface area (Å²) >= 11 is 0. The van der Waals surface area contributed by atoms with Gasteiger partial charge in [-0.1, -0.05) is 31.2 Å². The predicted octanol–water partition coefficient (Wildman–Crippen LogP) is 4.41. The summed E-state index contributed by atoms with van der Waals surface area (Å²) in [5.74, 6) is -1.62. The Morgan fingerprint density at radius 1 is 1.13 bits per heavy atom. The van der Waals surface area contributed by atoms with E-state index in [2.05, 4.69) is 5.32 Å². The Balaban J connectivity index is 2.10. The minimum absolute atomic E-state index is 0.460. The average Bonchev–Trinajstić information content (AvgIpc) is 2.55. The lowest BCUT2D eigenvalue weighted by atomic mass is 10.2. The molecule has 0 unspecified atom stereocenters. The number of hydrogen-bond acceptors (Lipinski definition) is 2. The summed E-state index contributed by atoms with van der Waals surface area (Å²) in [6.07, 6.45) is 3.62. The molecule has 3 nitrogen and oxygen atoms in total. The van der Waals surface area contributed by atoms with E-state index >= 15 is 0 Å². The van der Waals surface area contributed by atoms with Crippen molar-refractivity contribution in [3.63, 3.8) is 0 Å². The van der Waals surface area contributed by atoms with Gasteiger partial charge in [-0.2, -0.15) is 0 Å². The Morgan fingerprint density at radius 3 is 2.52 bits per heavy atom. The van der Waals surface area contributed by atoms with E-state index in [1.165, 1.54) is 12.1 Å². The second kappa shape index (κ2) is 8.08. The normalized spacial score (nSPS) is 10.7. The van der Waals surface area contributed by atoms with Gasteiger partial charge in [-0.3, -0.25) is 4.79 Å². The molecule has 0 bridgehead atoms. The van der Waals surface area contributed by atoms with Gasteiger partial charge in [-0.25, -0.2) is 8.78 Å². The van der Waals surface area contributed by atoms with Gasteiger partial charge >= 0.3 is 0 Å². The fourth-order valence-corrected chi connectivity index (χ4v) is 1.91. The van der Waals surface area contributed by atoms with Gasteiger partial charge in [-0.15, -0.1) is 0 Å². The van der Waals surface area contributed by atoms with E-state index < -0.39 is 23.2 Å². The molecule has 1 amide bonds. The Kier molecular flexibility index (Phi) is 5.86. The summed E-state index contributed by atoms with van der Waals surface area (Å²) in [5, 5.41) is 2.19. The highest BCUT2D eigenvalue weighted by Gasteiger charge is 2.10. The van der Waals surface area contributed by atoms with Crippen LogP contribution in [0.4, 0.5) is 14.5 Å². The minimum Gasteiger partial charge on any atom is -0.493 e. The number of anilines is 1. The number of carbonyl (C=O) groups is 1. The average molecular weight is 317 g/mol. The van der Waals surface area contributed by atoms with Crippen LogP contribution in [-0.4, -0.2) is 12.5 Å². The highest BCUT2D eigenvalue weighted by atomic mass is 19.1. The van der Waals surface area contributed by atoms with Gasteiger partial charge < -0.3 is 10.1 Å². The van der Waals surface area contributed by atoms with E-state index in [0.29, 0.717) is 17.9 Å². The van der Waals surface area contributed by atoms with E-state index in [-0.39, 0.29) is 0 Å². The first-order valence-corrected chi connectivity index (χ1v) is 7.26. The molecule has 0 spiro atoms. The molecule has 0 fully saturated rings. The van der Waals surface area contributed by atoms with Crippen LogP contribution < -0.4 is 10.1 Å². The maximum absolute atomic E-state index is 13.5. The van der Waals surface area contributed by atoms with Crippen LogP contribution in [0.25, 0.3) is 6.08 Å². The Morgan fingerprint density at radius 2 is 1.83 bits per heavy atom. The minimum atomic E-state index is -0.821. The van der Waals surface area contributed by atoms with Crippen LogP contribution in [-0.2, 0) is 4.79 Å². The molecule has 2 aromatic rings. The van der Waals surface area contributed by atoms with Crippen molar-refractivity contribution in [2.24, 2.45) is 0 Å². The Hall–Kier alpha value is -2.69. The number of hydrogen-bond donors (Lipinski definition) is 1. The molecule has 0 aliphatic carbocycles. The second-order valence-electron chi connectivity index (χ2n) is 4.81. The molecule has 0 radical (unpaired) electrons. The summed E-state index contributed by atoms with van der Waals surface area (Å²) in [6.45, 7) is 2.56. The lowest BCUT2D eigenvalue weighted by Crippen LogP contribution is -2.11. The quantitative estimate of drug-likeness (QED) is 0.802. The van der Waals surface area contributed by atoms with Gasteiger partial charge in [0, 0.05) is 11.6 Å². The van der Waals surface area contributed by atoms with E-state index in [1.54, 1.807) is 18.2 Å². The molecule has 0 saturated carbocycles. The molecule has 23 heavy (non-hydrogen) atoms. The molecule has 5 heteroatoms. The van der Waals surface area contributed by atoms with Crippen LogP contribution >= 0.6 is 0 Å². The molecule has 0 heterocycles. The second-order valence-corrected chi connectivity index (χ2v) is 4.81. The van der Waals surface area contributed by atoms with Gasteiger partial charge in [0.2, 0.25) is 5.91 Å². The van der Waals surface area contributed by atoms with E-state index in [9.17, 15) is 13.6 Å². The Labute approximate surface area is 133 Å². The fraction of sp³-hybridized carbons (Fsp3) is 0.167. The maximum atomic E-state index is 13.5. The van der Waals surface area contributed by atoms with E-state index in [1.807, 2.05) is 19.1 Å². The number of nitrogens with one attached hydrogen (secondary N) is 1. The third kappa shape index (κ3) is 4.64. The number of ether oxygens (including phenoxy) is 1. The first-order valence-electron chi connectivity index (χ1n) is 7.26. The third-order valence-corrected chi connectivity index (χ3v) is 3.01. The van der Waals surface area contributed by atoms with Crippen molar-refractivity contribution >= 4 is 17.7 Å². The zero-order valence-electron chi connectivity index (χ0n) is 12.7. The molecule has 1 N–H and O–H groups in total. The standard InChI is InChI=1S/C18H17F2NO2/c1-2-12-23-16-9-4-3-6-13(16)10-11-17(22)21-18-14(19)7-5-8-15(18)20/h3-11H,2,12H2,1H3,(H,21,22)/b11-10+. The predicted molar refractivity (Wildman–Crippen MR) is 86.2 cm³/mol. The van der Waals surface area contributed by atoms with E-state index in [0.717, 1.165) is 18.6 Å². The van der Waals surface area contributed by atoms with Crippen LogP contribution in [0.2, 0.25) is 0 Å². The summed E-state index contributed by atoms with van der Waals surface area (Å²) < 4.78 is 32.5. The van der Waals surface area contributed by atoms with E-state index in [4.69, 9.17) is 4.74 Å². The van der Waals surface area contributed by atoms with Crippen LogP contribution in [0.1, 0.15) is 18.9 Å². The summed E-state index contributed by atoms with van der Waals surface area (Å²) in [6, 6.07) is 10.6. The largest absolute Gasteiger partial charge is 0.493 e. The summed E-state index contributed by atoms with van der Waals surface area (Å²) in [7, 11) is 0. The molecule has 0 aromatic heterocycles. The number of carbonyl (C=O) groups excluding carboxylic acids is 1. The number of benzene rings is 2. The molecule has 2 aromatic carbocycles. The van der Waals surface area contributed by atoms with Gasteiger partial charge in [0.05, 0.1) is 6.61 Å². The molecule has 2 rings (SSSR count). The van der Waals surface area contributed by atoms with Gasteiger partial charge in [-0.05, 0) is 30.7 Å². The topological polar surface area (TPSA) is 38.3 Å². The molecular formula is C18H17F2NO2. The molecule has 0 aliphatic rings. The molecule has 120 valence electrons. The Bertz CT molecular complexity index is 694. The van der Waals surface area contributed by atoms with Crippen molar-refractivity contribution in [2.45, 2.75) is 13.3 Å². The molecule has 0 aliphatic heterocycles. The van der Waals surface area contributed by atoms with Crippen molar-refractivity contribution < 1.29 is 18.3 Å². The summed E-state index contributed by atoms with van der Waals surface area (Å²) in [4.78, 5) is 11.8. The monoisotopic (exact) mass is 317 g/mol. The molecular weight excluding hydrogens is 300 g/mol. The van der Waals surface area contributed by atoms with Crippen molar-refractivity contribution in [3.05, 3.63) is 65.7 Å². The number of para-hydroxylation sites is 2. The summed E-state index contributed by atoms with van der Waals surface area (Å²) in [5.41, 5.74) is 0.253. The van der Waals surface area contributed by atoms with Crippen molar-refractivity contribution in [2.75, 3.05) is 11.9 Å². The van der Waals surface area contributed by atoms with Crippen molar-refractivity contribution in [1.82, 2.24) is 0 Å². The first-order chi connectivity index (χ1) is 11.1. The van der Waals surface area contributed by atoms with Gasteiger partial charge in [0.1, 0.15) is 23.1 Å². The van der Waals surface area contributed by atoms with Crippen LogP contribution in [0.3, 0.4) is 0 Å². The first kappa shape index (κ1) is 16.7. The number of halogens is 2. The molecule has 0 saturated heterocycles.